The Morgan fingerprint density at radius 3 is 2.50 bits per heavy atom. The predicted molar refractivity (Wildman–Crippen MR) is 132 cm³/mol. The smallest absolute Gasteiger partial charge is 0.230 e. The number of rotatable bonds is 8. The largest absolute Gasteiger partial charge is 0.348 e. The number of hydrogen-bond acceptors (Lipinski definition) is 5. The summed E-state index contributed by atoms with van der Waals surface area (Å²) in [5.74, 6) is 0.550. The molecule has 0 saturated carbocycles. The second kappa shape index (κ2) is 10.6. The molecule has 1 N–H and O–H groups in total. The number of amides is 1. The summed E-state index contributed by atoms with van der Waals surface area (Å²) >= 11 is 1.32. The van der Waals surface area contributed by atoms with E-state index in [1.165, 1.54) is 23.9 Å². The Balaban J connectivity index is 1.57. The summed E-state index contributed by atoms with van der Waals surface area (Å²) in [6.07, 6.45) is 3.46. The maximum atomic E-state index is 13.3. The lowest BCUT2D eigenvalue weighted by Crippen LogP contribution is -2.33. The summed E-state index contributed by atoms with van der Waals surface area (Å²) in [4.78, 5) is 17.1. The zero-order valence-electron chi connectivity index (χ0n) is 19.3. The van der Waals surface area contributed by atoms with Crippen LogP contribution in [-0.4, -0.2) is 31.4 Å². The molecule has 0 aliphatic heterocycles. The fourth-order valence-corrected chi connectivity index (χ4v) is 4.48. The molecule has 8 heteroatoms. The molecule has 1 unspecified atom stereocenters. The molecule has 4 rings (SSSR count). The molecule has 34 heavy (non-hydrogen) atoms. The lowest BCUT2D eigenvalue weighted by molar-refractivity contribution is -0.119. The number of hydrogen-bond donors (Lipinski definition) is 1. The molecule has 0 fully saturated rings. The van der Waals surface area contributed by atoms with Crippen LogP contribution in [0.3, 0.4) is 0 Å². The van der Waals surface area contributed by atoms with Gasteiger partial charge in [0.1, 0.15) is 5.82 Å². The van der Waals surface area contributed by atoms with Crippen molar-refractivity contribution in [3.8, 4) is 17.1 Å². The van der Waals surface area contributed by atoms with Crippen LogP contribution in [0.25, 0.3) is 17.1 Å². The summed E-state index contributed by atoms with van der Waals surface area (Å²) < 4.78 is 15.3. The van der Waals surface area contributed by atoms with E-state index in [1.54, 1.807) is 24.5 Å². The number of para-hydroxylation sites is 1. The summed E-state index contributed by atoms with van der Waals surface area (Å²) in [6.45, 7) is 6.08. The van der Waals surface area contributed by atoms with Gasteiger partial charge < -0.3 is 5.32 Å². The Kier molecular flexibility index (Phi) is 7.37. The van der Waals surface area contributed by atoms with Gasteiger partial charge in [0.15, 0.2) is 11.0 Å². The molecule has 1 atom stereocenters. The van der Waals surface area contributed by atoms with Crippen molar-refractivity contribution in [3.05, 3.63) is 90.0 Å². The van der Waals surface area contributed by atoms with E-state index in [-0.39, 0.29) is 29.4 Å². The molecule has 174 valence electrons. The number of carbonyl (C=O) groups is 1. The maximum Gasteiger partial charge on any atom is 0.230 e. The monoisotopic (exact) mass is 475 g/mol. The zero-order valence-corrected chi connectivity index (χ0v) is 20.1. The van der Waals surface area contributed by atoms with Crippen LogP contribution in [0.4, 0.5) is 4.39 Å². The second-order valence-corrected chi connectivity index (χ2v) is 9.24. The van der Waals surface area contributed by atoms with Gasteiger partial charge in [-0.25, -0.2) is 4.39 Å². The van der Waals surface area contributed by atoms with Crippen LogP contribution in [0.1, 0.15) is 31.0 Å². The van der Waals surface area contributed by atoms with Gasteiger partial charge in [0.05, 0.1) is 17.5 Å². The van der Waals surface area contributed by atoms with Crippen molar-refractivity contribution in [1.82, 2.24) is 25.1 Å². The topological polar surface area (TPSA) is 72.7 Å². The molecule has 2 heterocycles. The van der Waals surface area contributed by atoms with Gasteiger partial charge >= 0.3 is 0 Å². The quantitative estimate of drug-likeness (QED) is 0.346. The normalized spacial score (nSPS) is 12.0. The van der Waals surface area contributed by atoms with Gasteiger partial charge in [-0.3, -0.25) is 14.3 Å². The first kappa shape index (κ1) is 23.6. The Labute approximate surface area is 202 Å². The molecule has 0 saturated heterocycles. The maximum absolute atomic E-state index is 13.3. The van der Waals surface area contributed by atoms with Crippen molar-refractivity contribution < 1.29 is 9.18 Å². The van der Waals surface area contributed by atoms with Crippen LogP contribution in [0.5, 0.6) is 0 Å². The van der Waals surface area contributed by atoms with Crippen molar-refractivity contribution >= 4 is 17.7 Å². The van der Waals surface area contributed by atoms with Gasteiger partial charge in [-0.05, 0) is 54.3 Å². The van der Waals surface area contributed by atoms with Crippen molar-refractivity contribution in [2.75, 3.05) is 5.75 Å². The Hall–Kier alpha value is -3.52. The molecule has 2 aromatic heterocycles. The molecule has 0 radical (unpaired) electrons. The fourth-order valence-electron chi connectivity index (χ4n) is 3.73. The summed E-state index contributed by atoms with van der Waals surface area (Å²) in [5.41, 5.74) is 3.72. The number of pyridine rings is 1. The molecule has 2 aromatic carbocycles. The molecular formula is C26H26FN5OS. The fraction of sp³-hybridized carbons (Fsp3) is 0.231. The molecule has 0 aliphatic carbocycles. The lowest BCUT2D eigenvalue weighted by atomic mass is 9.96. The first-order valence-electron chi connectivity index (χ1n) is 11.0. The highest BCUT2D eigenvalue weighted by atomic mass is 32.2. The minimum atomic E-state index is -0.298. The van der Waals surface area contributed by atoms with Crippen molar-refractivity contribution in [3.63, 3.8) is 0 Å². The molecule has 0 spiro atoms. The van der Waals surface area contributed by atoms with Gasteiger partial charge in [0, 0.05) is 18.0 Å². The van der Waals surface area contributed by atoms with E-state index >= 15 is 0 Å². The number of nitrogens with one attached hydrogen (secondary N) is 1. The third kappa shape index (κ3) is 5.34. The van der Waals surface area contributed by atoms with Crippen molar-refractivity contribution in [1.29, 1.82) is 0 Å². The highest BCUT2D eigenvalue weighted by molar-refractivity contribution is 7.99. The van der Waals surface area contributed by atoms with E-state index in [4.69, 9.17) is 0 Å². The SMILES string of the molecule is Cc1ccccc1-n1c(SCC(=O)NC(c2ccc(F)cc2)C(C)C)nnc1-c1cccnc1. The van der Waals surface area contributed by atoms with Crippen molar-refractivity contribution in [2.24, 2.45) is 5.92 Å². The minimum absolute atomic E-state index is 0.129. The van der Waals surface area contributed by atoms with Crippen LogP contribution in [0.15, 0.2) is 78.2 Å². The Morgan fingerprint density at radius 1 is 1.06 bits per heavy atom. The Bertz CT molecular complexity index is 1260. The number of carbonyl (C=O) groups excluding carboxylic acids is 1. The third-order valence-electron chi connectivity index (χ3n) is 5.45. The van der Waals surface area contributed by atoms with E-state index in [0.29, 0.717) is 11.0 Å². The third-order valence-corrected chi connectivity index (χ3v) is 6.38. The van der Waals surface area contributed by atoms with Crippen LogP contribution in [0, 0.1) is 18.7 Å². The first-order valence-corrected chi connectivity index (χ1v) is 12.0. The second-order valence-electron chi connectivity index (χ2n) is 8.30. The average molecular weight is 476 g/mol. The van der Waals surface area contributed by atoms with Crippen LogP contribution < -0.4 is 5.32 Å². The first-order chi connectivity index (χ1) is 16.4. The van der Waals surface area contributed by atoms with Crippen LogP contribution >= 0.6 is 11.8 Å². The number of halogens is 1. The zero-order chi connectivity index (χ0) is 24.1. The molecule has 4 aromatic rings. The van der Waals surface area contributed by atoms with E-state index in [0.717, 1.165) is 22.4 Å². The predicted octanol–water partition coefficient (Wildman–Crippen LogP) is 5.38. The van der Waals surface area contributed by atoms with Crippen molar-refractivity contribution in [2.45, 2.75) is 32.0 Å². The van der Waals surface area contributed by atoms with Gasteiger partial charge in [0.25, 0.3) is 0 Å². The molecular weight excluding hydrogens is 449 g/mol. The van der Waals surface area contributed by atoms with Gasteiger partial charge in [-0.2, -0.15) is 0 Å². The lowest BCUT2D eigenvalue weighted by Gasteiger charge is -2.23. The van der Waals surface area contributed by atoms with Gasteiger partial charge in [-0.1, -0.05) is 55.9 Å². The molecule has 6 nitrogen and oxygen atoms in total. The van der Waals surface area contributed by atoms with E-state index < -0.39 is 0 Å². The molecule has 0 bridgehead atoms. The number of benzene rings is 2. The number of aromatic nitrogens is 4. The summed E-state index contributed by atoms with van der Waals surface area (Å²) in [5, 5.41) is 12.5. The number of aryl methyl sites for hydroxylation is 1. The average Bonchev–Trinajstić information content (AvgIpc) is 3.26. The van der Waals surface area contributed by atoms with E-state index in [2.05, 4.69) is 20.5 Å². The standard InChI is InChI=1S/C26H26FN5OS/c1-17(2)24(19-10-12-21(27)13-11-19)29-23(33)16-34-26-31-30-25(20-8-6-14-28-15-20)32(26)22-9-5-4-7-18(22)3/h4-15,17,24H,16H2,1-3H3,(H,29,33). The number of nitrogens with zero attached hydrogens (tertiary/aromatic N) is 4. The minimum Gasteiger partial charge on any atom is -0.348 e. The summed E-state index contributed by atoms with van der Waals surface area (Å²) in [6, 6.07) is 17.8. The van der Waals surface area contributed by atoms with E-state index in [1.807, 2.05) is 61.7 Å². The highest BCUT2D eigenvalue weighted by Crippen LogP contribution is 2.29. The van der Waals surface area contributed by atoms with Crippen LogP contribution in [0.2, 0.25) is 0 Å². The van der Waals surface area contributed by atoms with Gasteiger partial charge in [0.2, 0.25) is 5.91 Å². The Morgan fingerprint density at radius 2 is 1.82 bits per heavy atom. The van der Waals surface area contributed by atoms with Gasteiger partial charge in [-0.15, -0.1) is 10.2 Å². The molecule has 0 aliphatic rings. The number of thioether (sulfide) groups is 1. The van der Waals surface area contributed by atoms with E-state index in [9.17, 15) is 9.18 Å². The molecule has 1 amide bonds. The van der Waals surface area contributed by atoms with Crippen LogP contribution in [-0.2, 0) is 4.79 Å². The highest BCUT2D eigenvalue weighted by Gasteiger charge is 2.21. The summed E-state index contributed by atoms with van der Waals surface area (Å²) in [7, 11) is 0.